The smallest absolute Gasteiger partial charge is 0.0537 e. The van der Waals surface area contributed by atoms with E-state index in [0.717, 1.165) is 0 Å². The highest BCUT2D eigenvalue weighted by Crippen LogP contribution is 2.43. The Hall–Kier alpha value is -3.06. The third kappa shape index (κ3) is 3.53. The van der Waals surface area contributed by atoms with Crippen LogP contribution in [-0.4, -0.2) is 4.57 Å². The van der Waals surface area contributed by atoms with Gasteiger partial charge in [-0.2, -0.15) is 0 Å². The Morgan fingerprint density at radius 3 is 1.76 bits per heavy atom. The Bertz CT molecular complexity index is 1060. The molecule has 0 aliphatic heterocycles. The Kier molecular flexibility index (Phi) is 5.04. The summed E-state index contributed by atoms with van der Waals surface area (Å²) in [6, 6.07) is 35.1. The minimum atomic E-state index is 0.608. The third-order valence-corrected chi connectivity index (χ3v) is 6.20. The summed E-state index contributed by atoms with van der Waals surface area (Å²) in [6.07, 6.45) is 6.60. The van der Waals surface area contributed by atoms with Crippen LogP contribution in [0.25, 0.3) is 28.1 Å². The summed E-state index contributed by atoms with van der Waals surface area (Å²) >= 11 is 0. The Morgan fingerprint density at radius 1 is 0.586 bits per heavy atom. The van der Waals surface area contributed by atoms with Crippen molar-refractivity contribution in [1.29, 1.82) is 0 Å². The Labute approximate surface area is 173 Å². The summed E-state index contributed by atoms with van der Waals surface area (Å²) in [6.45, 7) is 0. The maximum Gasteiger partial charge on any atom is 0.0537 e. The van der Waals surface area contributed by atoms with Crippen LogP contribution in [0.15, 0.2) is 97.1 Å². The van der Waals surface area contributed by atoms with Gasteiger partial charge in [-0.05, 0) is 42.2 Å². The first-order valence-corrected chi connectivity index (χ1v) is 10.8. The SMILES string of the molecule is c1ccc(-c2cc(-c3ccccc3)n(-c3ccccc3)c2C2CCCCC2)cc1. The molecule has 0 atom stereocenters. The molecule has 1 aliphatic rings. The van der Waals surface area contributed by atoms with Crippen LogP contribution in [0.1, 0.15) is 43.7 Å². The molecule has 29 heavy (non-hydrogen) atoms. The van der Waals surface area contributed by atoms with E-state index in [-0.39, 0.29) is 0 Å². The van der Waals surface area contributed by atoms with Crippen molar-refractivity contribution in [3.8, 4) is 28.1 Å². The average Bonchev–Trinajstić information content (AvgIpc) is 3.22. The van der Waals surface area contributed by atoms with E-state index in [1.165, 1.54) is 65.9 Å². The molecule has 1 saturated carbocycles. The van der Waals surface area contributed by atoms with Crippen molar-refractivity contribution in [1.82, 2.24) is 4.57 Å². The first-order chi connectivity index (χ1) is 14.4. The normalized spacial score (nSPS) is 14.8. The summed E-state index contributed by atoms with van der Waals surface area (Å²) in [4.78, 5) is 0. The molecule has 1 aliphatic carbocycles. The molecule has 0 amide bonds. The number of aromatic nitrogens is 1. The van der Waals surface area contributed by atoms with Crippen LogP contribution in [0, 0.1) is 0 Å². The van der Waals surface area contributed by atoms with Crippen molar-refractivity contribution >= 4 is 0 Å². The molecule has 1 fully saturated rings. The number of nitrogens with zero attached hydrogens (tertiary/aromatic N) is 1. The lowest BCUT2D eigenvalue weighted by molar-refractivity contribution is 0.434. The van der Waals surface area contributed by atoms with Crippen LogP contribution >= 0.6 is 0 Å². The summed E-state index contributed by atoms with van der Waals surface area (Å²) in [5, 5.41) is 0. The van der Waals surface area contributed by atoms with Gasteiger partial charge in [-0.15, -0.1) is 0 Å². The largest absolute Gasteiger partial charge is 0.313 e. The monoisotopic (exact) mass is 377 g/mol. The van der Waals surface area contributed by atoms with Crippen LogP contribution in [0.2, 0.25) is 0 Å². The third-order valence-electron chi connectivity index (χ3n) is 6.20. The summed E-state index contributed by atoms with van der Waals surface area (Å²) in [5.41, 5.74) is 8.02. The lowest BCUT2D eigenvalue weighted by Gasteiger charge is -2.26. The molecule has 5 rings (SSSR count). The van der Waals surface area contributed by atoms with Crippen molar-refractivity contribution < 1.29 is 0 Å². The molecule has 0 saturated heterocycles. The van der Waals surface area contributed by atoms with E-state index in [4.69, 9.17) is 0 Å². The molecule has 4 aromatic rings. The van der Waals surface area contributed by atoms with Crippen LogP contribution in [0.3, 0.4) is 0 Å². The second-order valence-electron chi connectivity index (χ2n) is 8.07. The molecule has 1 heteroatoms. The molecule has 144 valence electrons. The zero-order chi connectivity index (χ0) is 19.5. The van der Waals surface area contributed by atoms with Gasteiger partial charge in [0.25, 0.3) is 0 Å². The van der Waals surface area contributed by atoms with Crippen molar-refractivity contribution in [3.63, 3.8) is 0 Å². The average molecular weight is 378 g/mol. The number of hydrogen-bond acceptors (Lipinski definition) is 0. The fraction of sp³-hybridized carbons (Fsp3) is 0.214. The van der Waals surface area contributed by atoms with Crippen LogP contribution in [0.4, 0.5) is 0 Å². The zero-order valence-corrected chi connectivity index (χ0v) is 16.8. The van der Waals surface area contributed by atoms with Gasteiger partial charge in [-0.3, -0.25) is 0 Å². The van der Waals surface area contributed by atoms with Crippen molar-refractivity contribution in [2.75, 3.05) is 0 Å². The van der Waals surface area contributed by atoms with Gasteiger partial charge in [0.15, 0.2) is 0 Å². The van der Waals surface area contributed by atoms with E-state index < -0.39 is 0 Å². The molecule has 1 nitrogen and oxygen atoms in total. The number of hydrogen-bond donors (Lipinski definition) is 0. The van der Waals surface area contributed by atoms with E-state index in [1.807, 2.05) is 0 Å². The van der Waals surface area contributed by atoms with Crippen LogP contribution in [0.5, 0.6) is 0 Å². The lowest BCUT2D eigenvalue weighted by atomic mass is 9.84. The molecule has 3 aromatic carbocycles. The predicted molar refractivity (Wildman–Crippen MR) is 122 cm³/mol. The van der Waals surface area contributed by atoms with Gasteiger partial charge < -0.3 is 4.57 Å². The molecule has 1 heterocycles. The second-order valence-corrected chi connectivity index (χ2v) is 8.07. The van der Waals surface area contributed by atoms with Crippen molar-refractivity contribution in [2.45, 2.75) is 38.0 Å². The number of benzene rings is 3. The molecule has 0 spiro atoms. The van der Waals surface area contributed by atoms with E-state index in [0.29, 0.717) is 5.92 Å². The number of rotatable bonds is 4. The van der Waals surface area contributed by atoms with E-state index >= 15 is 0 Å². The van der Waals surface area contributed by atoms with E-state index in [2.05, 4.69) is 102 Å². The minimum absolute atomic E-state index is 0.608. The second kappa shape index (κ2) is 8.13. The fourth-order valence-corrected chi connectivity index (χ4v) is 4.83. The predicted octanol–water partition coefficient (Wildman–Crippen LogP) is 7.86. The topological polar surface area (TPSA) is 4.93 Å². The minimum Gasteiger partial charge on any atom is -0.313 e. The van der Waals surface area contributed by atoms with E-state index in [1.54, 1.807) is 0 Å². The lowest BCUT2D eigenvalue weighted by Crippen LogP contribution is -2.12. The standard InChI is InChI=1S/C28H27N/c1-5-13-22(14-6-1)26-21-27(23-15-7-2-8-16-23)29(25-19-11-4-12-20-25)28(26)24-17-9-3-10-18-24/h1-2,4-8,11-16,19-21,24H,3,9-10,17-18H2. The molecular weight excluding hydrogens is 350 g/mol. The highest BCUT2D eigenvalue weighted by atomic mass is 15.0. The van der Waals surface area contributed by atoms with Gasteiger partial charge in [0.2, 0.25) is 0 Å². The van der Waals surface area contributed by atoms with Crippen LogP contribution < -0.4 is 0 Å². The van der Waals surface area contributed by atoms with Gasteiger partial charge in [0.1, 0.15) is 0 Å². The maximum absolute atomic E-state index is 2.54. The van der Waals surface area contributed by atoms with Crippen molar-refractivity contribution in [2.24, 2.45) is 0 Å². The highest BCUT2D eigenvalue weighted by Gasteiger charge is 2.26. The zero-order valence-electron chi connectivity index (χ0n) is 16.8. The molecular formula is C28H27N. The van der Waals surface area contributed by atoms with Gasteiger partial charge in [-0.25, -0.2) is 0 Å². The van der Waals surface area contributed by atoms with E-state index in [9.17, 15) is 0 Å². The molecule has 1 aromatic heterocycles. The Balaban J connectivity index is 1.80. The van der Waals surface area contributed by atoms with Gasteiger partial charge in [0.05, 0.1) is 5.69 Å². The molecule has 0 bridgehead atoms. The quantitative estimate of drug-likeness (QED) is 0.341. The fourth-order valence-electron chi connectivity index (χ4n) is 4.83. The van der Waals surface area contributed by atoms with Gasteiger partial charge in [0, 0.05) is 22.9 Å². The molecule has 0 radical (unpaired) electrons. The van der Waals surface area contributed by atoms with Gasteiger partial charge in [-0.1, -0.05) is 98.1 Å². The molecule has 0 unspecified atom stereocenters. The van der Waals surface area contributed by atoms with Gasteiger partial charge >= 0.3 is 0 Å². The first kappa shape index (κ1) is 18.0. The summed E-state index contributed by atoms with van der Waals surface area (Å²) in [7, 11) is 0. The Morgan fingerprint density at radius 2 is 1.14 bits per heavy atom. The summed E-state index contributed by atoms with van der Waals surface area (Å²) in [5.74, 6) is 0.608. The number of para-hydroxylation sites is 1. The summed E-state index contributed by atoms with van der Waals surface area (Å²) < 4.78 is 2.54. The van der Waals surface area contributed by atoms with Crippen LogP contribution in [-0.2, 0) is 0 Å². The van der Waals surface area contributed by atoms with Crippen molar-refractivity contribution in [3.05, 3.63) is 103 Å². The molecule has 0 N–H and O–H groups in total. The highest BCUT2D eigenvalue weighted by molar-refractivity contribution is 5.77. The maximum atomic E-state index is 2.54. The first-order valence-electron chi connectivity index (χ1n) is 10.8.